The highest BCUT2D eigenvalue weighted by Gasteiger charge is 2.10. The SMILES string of the molecule is COC[n+]1ccn(CCSC)c1C. The lowest BCUT2D eigenvalue weighted by atomic mass is 10.6. The van der Waals surface area contributed by atoms with Crippen molar-refractivity contribution in [2.75, 3.05) is 19.1 Å². The van der Waals surface area contributed by atoms with E-state index in [0.717, 1.165) is 12.3 Å². The molecule has 1 aromatic rings. The van der Waals surface area contributed by atoms with E-state index in [-0.39, 0.29) is 0 Å². The van der Waals surface area contributed by atoms with Crippen LogP contribution in [0.1, 0.15) is 5.82 Å². The Kier molecular flexibility index (Phi) is 4.32. The molecule has 0 unspecified atom stereocenters. The average molecular weight is 201 g/mol. The fourth-order valence-electron chi connectivity index (χ4n) is 1.24. The summed E-state index contributed by atoms with van der Waals surface area (Å²) in [7, 11) is 1.71. The Bertz CT molecular complexity index is 260. The molecule has 0 fully saturated rings. The number of ether oxygens (including phenoxy) is 1. The smallest absolute Gasteiger partial charge is 0.255 e. The minimum atomic E-state index is 0.637. The summed E-state index contributed by atoms with van der Waals surface area (Å²) in [5.41, 5.74) is 0. The summed E-state index contributed by atoms with van der Waals surface area (Å²) in [4.78, 5) is 0. The summed E-state index contributed by atoms with van der Waals surface area (Å²) >= 11 is 1.87. The second-order valence-corrected chi connectivity index (χ2v) is 3.90. The molecule has 0 aliphatic rings. The molecule has 3 nitrogen and oxygen atoms in total. The van der Waals surface area contributed by atoms with E-state index in [0.29, 0.717) is 6.73 Å². The van der Waals surface area contributed by atoms with Crippen LogP contribution in [0.15, 0.2) is 12.4 Å². The Morgan fingerprint density at radius 3 is 3.00 bits per heavy atom. The molecule has 4 heteroatoms. The van der Waals surface area contributed by atoms with Gasteiger partial charge in [0.15, 0.2) is 6.73 Å². The normalized spacial score (nSPS) is 10.7. The van der Waals surface area contributed by atoms with Crippen molar-refractivity contribution in [1.82, 2.24) is 4.57 Å². The molecule has 0 atom stereocenters. The number of hydrogen-bond donors (Lipinski definition) is 0. The van der Waals surface area contributed by atoms with Crippen LogP contribution in [0.2, 0.25) is 0 Å². The lowest BCUT2D eigenvalue weighted by Crippen LogP contribution is -2.36. The Morgan fingerprint density at radius 1 is 1.62 bits per heavy atom. The highest BCUT2D eigenvalue weighted by Crippen LogP contribution is 1.98. The molecule has 0 radical (unpaired) electrons. The zero-order valence-corrected chi connectivity index (χ0v) is 9.30. The van der Waals surface area contributed by atoms with Crippen molar-refractivity contribution >= 4 is 11.8 Å². The molecule has 0 aliphatic carbocycles. The van der Waals surface area contributed by atoms with Crippen LogP contribution in [-0.2, 0) is 18.0 Å². The van der Waals surface area contributed by atoms with Crippen LogP contribution >= 0.6 is 11.8 Å². The minimum absolute atomic E-state index is 0.637. The van der Waals surface area contributed by atoms with Gasteiger partial charge in [0.05, 0.1) is 6.54 Å². The van der Waals surface area contributed by atoms with Crippen LogP contribution in [0.25, 0.3) is 0 Å². The maximum absolute atomic E-state index is 5.07. The number of hydrogen-bond acceptors (Lipinski definition) is 2. The van der Waals surface area contributed by atoms with E-state index in [9.17, 15) is 0 Å². The molecule has 0 spiro atoms. The quantitative estimate of drug-likeness (QED) is 0.663. The van der Waals surface area contributed by atoms with E-state index in [1.807, 2.05) is 11.8 Å². The van der Waals surface area contributed by atoms with E-state index >= 15 is 0 Å². The number of aryl methyl sites for hydroxylation is 1. The Balaban J connectivity index is 2.62. The first-order valence-electron chi connectivity index (χ1n) is 4.32. The number of imidazole rings is 1. The second kappa shape index (κ2) is 5.29. The van der Waals surface area contributed by atoms with Crippen molar-refractivity contribution < 1.29 is 9.30 Å². The average Bonchev–Trinajstić information content (AvgIpc) is 2.46. The van der Waals surface area contributed by atoms with Gasteiger partial charge < -0.3 is 4.74 Å². The van der Waals surface area contributed by atoms with Gasteiger partial charge in [-0.2, -0.15) is 11.8 Å². The molecule has 0 saturated heterocycles. The van der Waals surface area contributed by atoms with Gasteiger partial charge in [-0.25, -0.2) is 9.13 Å². The van der Waals surface area contributed by atoms with E-state index in [2.05, 4.69) is 34.7 Å². The first-order chi connectivity index (χ1) is 6.29. The van der Waals surface area contributed by atoms with Crippen LogP contribution in [0.4, 0.5) is 0 Å². The van der Waals surface area contributed by atoms with E-state index < -0.39 is 0 Å². The maximum atomic E-state index is 5.07. The van der Waals surface area contributed by atoms with Gasteiger partial charge in [0.1, 0.15) is 12.4 Å². The molecule has 0 aromatic carbocycles. The van der Waals surface area contributed by atoms with Gasteiger partial charge in [-0.15, -0.1) is 0 Å². The largest absolute Gasteiger partial charge is 0.345 e. The first kappa shape index (κ1) is 10.6. The Hall–Kier alpha value is -0.480. The summed E-state index contributed by atoms with van der Waals surface area (Å²) in [6.45, 7) is 3.82. The van der Waals surface area contributed by atoms with Crippen molar-refractivity contribution in [2.45, 2.75) is 20.2 Å². The van der Waals surface area contributed by atoms with Crippen LogP contribution in [0, 0.1) is 6.92 Å². The number of aromatic nitrogens is 2. The molecule has 1 aromatic heterocycles. The van der Waals surface area contributed by atoms with Gasteiger partial charge in [0, 0.05) is 19.8 Å². The molecule has 0 saturated carbocycles. The molecule has 1 rings (SSSR count). The van der Waals surface area contributed by atoms with Crippen molar-refractivity contribution in [1.29, 1.82) is 0 Å². The van der Waals surface area contributed by atoms with Crippen LogP contribution < -0.4 is 4.57 Å². The summed E-state index contributed by atoms with van der Waals surface area (Å²) in [5, 5.41) is 0. The fraction of sp³-hybridized carbons (Fsp3) is 0.667. The minimum Gasteiger partial charge on any atom is -0.345 e. The Morgan fingerprint density at radius 2 is 2.38 bits per heavy atom. The third-order valence-electron chi connectivity index (χ3n) is 2.06. The van der Waals surface area contributed by atoms with Crippen LogP contribution in [-0.4, -0.2) is 23.7 Å². The van der Waals surface area contributed by atoms with Crippen LogP contribution in [0.3, 0.4) is 0 Å². The summed E-state index contributed by atoms with van der Waals surface area (Å²) in [6, 6.07) is 0. The van der Waals surface area contributed by atoms with Crippen molar-refractivity contribution in [3.63, 3.8) is 0 Å². The van der Waals surface area contributed by atoms with Gasteiger partial charge in [-0.3, -0.25) is 0 Å². The third-order valence-corrected chi connectivity index (χ3v) is 2.65. The number of rotatable bonds is 5. The molecule has 1 heterocycles. The van der Waals surface area contributed by atoms with E-state index in [1.165, 1.54) is 5.82 Å². The molecular weight excluding hydrogens is 184 g/mol. The van der Waals surface area contributed by atoms with Gasteiger partial charge in [0.25, 0.3) is 5.82 Å². The molecule has 13 heavy (non-hydrogen) atoms. The number of nitrogens with zero attached hydrogens (tertiary/aromatic N) is 2. The topological polar surface area (TPSA) is 18.0 Å². The van der Waals surface area contributed by atoms with Crippen LogP contribution in [0.5, 0.6) is 0 Å². The summed E-state index contributed by atoms with van der Waals surface area (Å²) in [5.74, 6) is 2.40. The zero-order valence-electron chi connectivity index (χ0n) is 8.49. The van der Waals surface area contributed by atoms with Gasteiger partial charge in [-0.05, 0) is 6.26 Å². The fourth-order valence-corrected chi connectivity index (χ4v) is 1.62. The molecule has 74 valence electrons. The predicted octanol–water partition coefficient (Wildman–Crippen LogP) is 1.05. The molecule has 0 N–H and O–H groups in total. The highest BCUT2D eigenvalue weighted by molar-refractivity contribution is 7.98. The number of methoxy groups -OCH3 is 1. The predicted molar refractivity (Wildman–Crippen MR) is 54.8 cm³/mol. The third kappa shape index (κ3) is 2.74. The lowest BCUT2D eigenvalue weighted by Gasteiger charge is -1.98. The molecule has 0 bridgehead atoms. The van der Waals surface area contributed by atoms with Gasteiger partial charge >= 0.3 is 0 Å². The van der Waals surface area contributed by atoms with Gasteiger partial charge in [0.2, 0.25) is 0 Å². The monoisotopic (exact) mass is 201 g/mol. The van der Waals surface area contributed by atoms with Gasteiger partial charge in [-0.1, -0.05) is 0 Å². The van der Waals surface area contributed by atoms with E-state index in [1.54, 1.807) is 7.11 Å². The van der Waals surface area contributed by atoms with E-state index in [4.69, 9.17) is 4.74 Å². The number of thioether (sulfide) groups is 1. The van der Waals surface area contributed by atoms with Crippen molar-refractivity contribution in [2.24, 2.45) is 0 Å². The zero-order chi connectivity index (χ0) is 9.68. The highest BCUT2D eigenvalue weighted by atomic mass is 32.2. The second-order valence-electron chi connectivity index (χ2n) is 2.92. The lowest BCUT2D eigenvalue weighted by molar-refractivity contribution is -0.736. The molecule has 0 amide bonds. The maximum Gasteiger partial charge on any atom is 0.255 e. The first-order valence-corrected chi connectivity index (χ1v) is 5.72. The molecular formula is C9H17N2OS+. The summed E-state index contributed by atoms with van der Waals surface area (Å²) in [6.07, 6.45) is 6.28. The van der Waals surface area contributed by atoms with Crippen molar-refractivity contribution in [3.8, 4) is 0 Å². The summed E-state index contributed by atoms with van der Waals surface area (Å²) < 4.78 is 9.41. The van der Waals surface area contributed by atoms with Crippen molar-refractivity contribution in [3.05, 3.63) is 18.2 Å². The molecule has 0 aliphatic heterocycles. The Labute approximate surface area is 83.7 Å². The standard InChI is InChI=1S/C9H17N2OS/c1-9-10(6-7-13-3)4-5-11(9)8-12-2/h4-5H,6-8H2,1-3H3/q+1.